The van der Waals surface area contributed by atoms with E-state index in [0.29, 0.717) is 18.2 Å². The molecule has 2 aromatic heterocycles. The number of methoxy groups -OCH3 is 1. The number of nitrogens with one attached hydrogen (secondary N) is 2. The van der Waals surface area contributed by atoms with E-state index in [1.807, 2.05) is 0 Å². The van der Waals surface area contributed by atoms with Crippen LogP contribution in [0.4, 0.5) is 10.1 Å². The van der Waals surface area contributed by atoms with E-state index in [1.54, 1.807) is 6.92 Å². The van der Waals surface area contributed by atoms with Gasteiger partial charge in [-0.2, -0.15) is 4.52 Å². The number of fused-ring (bicyclic) bond motifs is 1. The molecule has 1 aliphatic carbocycles. The lowest BCUT2D eigenvalue weighted by atomic mass is 10.1. The smallest absolute Gasteiger partial charge is 0.296 e. The molecule has 1 aliphatic rings. The molecule has 0 unspecified atom stereocenters. The van der Waals surface area contributed by atoms with Crippen LogP contribution in [0, 0.1) is 5.82 Å². The fraction of sp³-hybridized carbons (Fsp3) is 0.333. The van der Waals surface area contributed by atoms with E-state index in [0.717, 1.165) is 31.7 Å². The zero-order valence-electron chi connectivity index (χ0n) is 20.2. The Morgan fingerprint density at radius 2 is 1.89 bits per heavy atom. The predicted octanol–water partition coefficient (Wildman–Crippen LogP) is 3.48. The second-order valence-corrected chi connectivity index (χ2v) is 10.3. The third kappa shape index (κ3) is 4.73. The largest absolute Gasteiger partial charge is 0.494 e. The molecule has 13 heteroatoms. The van der Waals surface area contributed by atoms with Gasteiger partial charge < -0.3 is 14.5 Å². The number of ether oxygens (including phenoxy) is 2. The fourth-order valence-electron chi connectivity index (χ4n) is 4.47. The second-order valence-electron chi connectivity index (χ2n) is 8.62. The van der Waals surface area contributed by atoms with Gasteiger partial charge in [-0.15, -0.1) is 15.3 Å². The van der Waals surface area contributed by atoms with Crippen LogP contribution in [0.5, 0.6) is 11.5 Å². The average molecular weight is 529 g/mol. The first-order chi connectivity index (χ1) is 17.8. The van der Waals surface area contributed by atoms with Crippen molar-refractivity contribution in [2.75, 3.05) is 18.4 Å². The zero-order valence-corrected chi connectivity index (χ0v) is 21.0. The number of rotatable bonds is 8. The molecule has 1 fully saturated rings. The molecular formula is C24H25FN6O5S. The summed E-state index contributed by atoms with van der Waals surface area (Å²) < 4.78 is 54.8. The fourth-order valence-corrected chi connectivity index (χ4v) is 5.54. The van der Waals surface area contributed by atoms with Crippen molar-refractivity contribution < 1.29 is 22.3 Å². The number of aromatic nitrogens is 5. The van der Waals surface area contributed by atoms with Crippen LogP contribution in [0.1, 0.15) is 44.3 Å². The molecule has 0 aliphatic heterocycles. The molecule has 0 saturated heterocycles. The lowest BCUT2D eigenvalue weighted by Gasteiger charge is -2.14. The Hall–Kier alpha value is -4.00. The van der Waals surface area contributed by atoms with Gasteiger partial charge in [-0.05, 0) is 50.1 Å². The number of anilines is 1. The van der Waals surface area contributed by atoms with Crippen LogP contribution in [-0.4, -0.2) is 46.9 Å². The third-order valence-corrected chi connectivity index (χ3v) is 7.62. The Kier molecular flexibility index (Phi) is 6.54. The third-order valence-electron chi connectivity index (χ3n) is 6.24. The van der Waals surface area contributed by atoms with Crippen molar-refractivity contribution in [2.45, 2.75) is 43.4 Å². The molecule has 0 spiro atoms. The maximum atomic E-state index is 14.1. The number of H-pyrrole nitrogens is 1. The first-order valence-electron chi connectivity index (χ1n) is 11.8. The molecule has 1 saturated carbocycles. The van der Waals surface area contributed by atoms with Crippen LogP contribution in [0.15, 0.2) is 46.1 Å². The van der Waals surface area contributed by atoms with E-state index in [2.05, 4.69) is 25.0 Å². The van der Waals surface area contributed by atoms with Crippen LogP contribution in [-0.2, 0) is 10.0 Å². The monoisotopic (exact) mass is 528 g/mol. The van der Waals surface area contributed by atoms with Gasteiger partial charge in [0.1, 0.15) is 5.75 Å². The van der Waals surface area contributed by atoms with Crippen LogP contribution >= 0.6 is 0 Å². The number of sulfonamides is 1. The molecule has 2 aromatic carbocycles. The van der Waals surface area contributed by atoms with E-state index in [4.69, 9.17) is 9.47 Å². The minimum Gasteiger partial charge on any atom is -0.494 e. The van der Waals surface area contributed by atoms with Gasteiger partial charge in [0.25, 0.3) is 15.6 Å². The van der Waals surface area contributed by atoms with Crippen LogP contribution < -0.4 is 19.8 Å². The highest BCUT2D eigenvalue weighted by Gasteiger charge is 2.25. The van der Waals surface area contributed by atoms with Crippen LogP contribution in [0.2, 0.25) is 0 Å². The number of aromatic amines is 1. The Bertz CT molecular complexity index is 1630. The minimum absolute atomic E-state index is 0.0114. The van der Waals surface area contributed by atoms with Crippen molar-refractivity contribution in [1.82, 2.24) is 24.8 Å². The van der Waals surface area contributed by atoms with Gasteiger partial charge in [0.15, 0.2) is 23.2 Å². The van der Waals surface area contributed by atoms with Gasteiger partial charge in [-0.1, -0.05) is 12.8 Å². The highest BCUT2D eigenvalue weighted by Crippen LogP contribution is 2.34. The van der Waals surface area contributed by atoms with Crippen molar-refractivity contribution in [1.29, 1.82) is 0 Å². The molecule has 0 atom stereocenters. The number of benzene rings is 2. The van der Waals surface area contributed by atoms with Gasteiger partial charge in [-0.3, -0.25) is 9.52 Å². The van der Waals surface area contributed by atoms with Crippen LogP contribution in [0.3, 0.4) is 0 Å². The lowest BCUT2D eigenvalue weighted by molar-refractivity contribution is 0.341. The summed E-state index contributed by atoms with van der Waals surface area (Å²) in [5.74, 6) is 0.455. The summed E-state index contributed by atoms with van der Waals surface area (Å²) in [6.07, 6.45) is 3.99. The van der Waals surface area contributed by atoms with Crippen molar-refractivity contribution in [3.05, 3.63) is 58.4 Å². The summed E-state index contributed by atoms with van der Waals surface area (Å²) in [6, 6.07) is 7.92. The van der Waals surface area contributed by atoms with E-state index < -0.39 is 21.4 Å². The maximum absolute atomic E-state index is 14.1. The Morgan fingerprint density at radius 3 is 2.59 bits per heavy atom. The number of hydrogen-bond acceptors (Lipinski definition) is 8. The lowest BCUT2D eigenvalue weighted by Crippen LogP contribution is -2.17. The molecular weight excluding hydrogens is 503 g/mol. The van der Waals surface area contributed by atoms with Crippen molar-refractivity contribution >= 4 is 21.4 Å². The van der Waals surface area contributed by atoms with Gasteiger partial charge in [0.2, 0.25) is 5.65 Å². The summed E-state index contributed by atoms with van der Waals surface area (Å²) in [6.45, 7) is 2.08. The minimum atomic E-state index is -4.14. The summed E-state index contributed by atoms with van der Waals surface area (Å²) in [4.78, 5) is 15.4. The normalized spacial score (nSPS) is 14.2. The van der Waals surface area contributed by atoms with Gasteiger partial charge in [0.05, 0.1) is 29.9 Å². The van der Waals surface area contributed by atoms with E-state index >= 15 is 0 Å². The second kappa shape index (κ2) is 9.81. The SMILES string of the molecule is CCOc1ccc(S(=O)(=O)Nc2ccc(OC)c(F)c2)cc1-c1nn2c(C3CCCC3)nnc2c(=O)[nH]1. The Morgan fingerprint density at radius 1 is 1.14 bits per heavy atom. The highest BCUT2D eigenvalue weighted by molar-refractivity contribution is 7.92. The Labute approximate surface area is 211 Å². The summed E-state index contributed by atoms with van der Waals surface area (Å²) >= 11 is 0. The van der Waals surface area contributed by atoms with Crippen molar-refractivity contribution in [3.63, 3.8) is 0 Å². The molecule has 0 radical (unpaired) electrons. The van der Waals surface area contributed by atoms with E-state index in [9.17, 15) is 17.6 Å². The highest BCUT2D eigenvalue weighted by atomic mass is 32.2. The number of hydrogen-bond donors (Lipinski definition) is 2. The Balaban J connectivity index is 1.58. The van der Waals surface area contributed by atoms with Gasteiger partial charge in [0, 0.05) is 12.0 Å². The summed E-state index contributed by atoms with van der Waals surface area (Å²) in [5, 5.41) is 12.8. The van der Waals surface area contributed by atoms with E-state index in [-0.39, 0.29) is 39.3 Å². The average Bonchev–Trinajstić information content (AvgIpc) is 3.54. The molecule has 5 rings (SSSR count). The quantitative estimate of drug-likeness (QED) is 0.354. The van der Waals surface area contributed by atoms with E-state index in [1.165, 1.54) is 42.0 Å². The number of halogens is 1. The standard InChI is InChI=1S/C24H25FN6O5S/c1-3-36-19-11-9-16(37(33,34)30-15-8-10-20(35-2)18(25)12-15)13-17(19)21-26-24(32)23-28-27-22(31(23)29-21)14-6-4-5-7-14/h8-14,30H,3-7H2,1-2H3,(H,26,29,32). The van der Waals surface area contributed by atoms with Crippen molar-refractivity contribution in [2.24, 2.45) is 0 Å². The molecule has 0 bridgehead atoms. The predicted molar refractivity (Wildman–Crippen MR) is 133 cm³/mol. The molecule has 4 aromatic rings. The molecule has 2 heterocycles. The molecule has 2 N–H and O–H groups in total. The molecule has 37 heavy (non-hydrogen) atoms. The summed E-state index contributed by atoms with van der Waals surface area (Å²) in [7, 11) is -2.82. The topological polar surface area (TPSA) is 141 Å². The molecule has 0 amide bonds. The van der Waals surface area contributed by atoms with Gasteiger partial charge >= 0.3 is 0 Å². The molecule has 194 valence electrons. The van der Waals surface area contributed by atoms with Crippen LogP contribution in [0.25, 0.3) is 17.0 Å². The number of nitrogens with zero attached hydrogens (tertiary/aromatic N) is 4. The maximum Gasteiger partial charge on any atom is 0.296 e. The van der Waals surface area contributed by atoms with Gasteiger partial charge in [-0.25, -0.2) is 12.8 Å². The first-order valence-corrected chi connectivity index (χ1v) is 13.3. The first kappa shape index (κ1) is 24.7. The zero-order chi connectivity index (χ0) is 26.2. The molecule has 11 nitrogen and oxygen atoms in total. The van der Waals surface area contributed by atoms with Crippen molar-refractivity contribution in [3.8, 4) is 22.9 Å². The summed E-state index contributed by atoms with van der Waals surface area (Å²) in [5.41, 5.74) is -0.164.